The third-order valence-corrected chi connectivity index (χ3v) is 7.55. The van der Waals surface area contributed by atoms with E-state index in [-0.39, 0.29) is 17.3 Å². The Bertz CT molecular complexity index is 1350. The van der Waals surface area contributed by atoms with Crippen LogP contribution in [0.1, 0.15) is 38.3 Å². The molecule has 0 spiro atoms. The van der Waals surface area contributed by atoms with E-state index < -0.39 is 0 Å². The molecule has 180 valence electrons. The molecule has 0 aromatic heterocycles. The number of hydrogen-bond acceptors (Lipinski definition) is 6. The fourth-order valence-electron chi connectivity index (χ4n) is 3.52. The first kappa shape index (κ1) is 25.5. The Morgan fingerprint density at radius 1 is 0.694 bits per heavy atom. The summed E-state index contributed by atoms with van der Waals surface area (Å²) in [6, 6.07) is 32.1. The Hall–Kier alpha value is -3.61. The van der Waals surface area contributed by atoms with Crippen molar-refractivity contribution < 1.29 is 14.8 Å². The molecule has 4 rings (SSSR count). The second kappa shape index (κ2) is 12.4. The molecule has 4 aromatic carbocycles. The van der Waals surface area contributed by atoms with Gasteiger partial charge >= 0.3 is 0 Å². The molecule has 1 N–H and O–H groups in total. The molecule has 0 saturated carbocycles. The average molecular weight is 512 g/mol. The van der Waals surface area contributed by atoms with E-state index in [1.54, 1.807) is 35.7 Å². The zero-order chi connectivity index (χ0) is 25.3. The van der Waals surface area contributed by atoms with Crippen LogP contribution in [0, 0.1) is 6.92 Å². The van der Waals surface area contributed by atoms with E-state index in [0.29, 0.717) is 28.9 Å². The first-order valence-electron chi connectivity index (χ1n) is 11.5. The Morgan fingerprint density at radius 2 is 1.22 bits per heavy atom. The van der Waals surface area contributed by atoms with Crippen LogP contribution in [-0.2, 0) is 0 Å². The SMILES string of the molecule is Cc1ccc(SCC/C(=N\O)C(=O)c2ccc(Sc3ccc(C(=O)c4ccccc4)cc3)cc2)cc1. The van der Waals surface area contributed by atoms with E-state index in [4.69, 9.17) is 0 Å². The number of aryl methyl sites for hydroxylation is 1. The molecule has 0 saturated heterocycles. The highest BCUT2D eigenvalue weighted by Crippen LogP contribution is 2.28. The highest BCUT2D eigenvalue weighted by atomic mass is 32.2. The number of carbonyl (C=O) groups is 2. The first-order valence-corrected chi connectivity index (χ1v) is 13.3. The van der Waals surface area contributed by atoms with Gasteiger partial charge in [-0.25, -0.2) is 0 Å². The van der Waals surface area contributed by atoms with Crippen molar-refractivity contribution in [3.63, 3.8) is 0 Å². The number of Topliss-reactive ketones (excluding diaryl/α,β-unsaturated/α-hetero) is 1. The molecular formula is C30H25NO3S2. The van der Waals surface area contributed by atoms with E-state index in [9.17, 15) is 14.8 Å². The maximum Gasteiger partial charge on any atom is 0.210 e. The van der Waals surface area contributed by atoms with Gasteiger partial charge in [-0.3, -0.25) is 9.59 Å². The molecule has 0 fully saturated rings. The molecule has 4 nitrogen and oxygen atoms in total. The fraction of sp³-hybridized carbons (Fsp3) is 0.100. The number of hydrogen-bond donors (Lipinski definition) is 1. The third-order valence-electron chi connectivity index (χ3n) is 5.52. The average Bonchev–Trinajstić information content (AvgIpc) is 2.93. The Balaban J connectivity index is 1.33. The number of ketones is 2. The summed E-state index contributed by atoms with van der Waals surface area (Å²) in [5.41, 5.74) is 3.13. The standard InChI is InChI=1S/C30H25NO3S2/c1-21-7-13-25(14-8-21)35-20-19-28(31-34)30(33)24-11-17-27(18-12-24)36-26-15-9-23(10-16-26)29(32)22-5-3-2-4-6-22/h2-18,34H,19-20H2,1H3/b31-28+. The van der Waals surface area contributed by atoms with Gasteiger partial charge in [0.05, 0.1) is 0 Å². The van der Waals surface area contributed by atoms with Crippen LogP contribution in [-0.4, -0.2) is 28.2 Å². The second-order valence-electron chi connectivity index (χ2n) is 8.13. The van der Waals surface area contributed by atoms with Crippen molar-refractivity contribution in [3.05, 3.63) is 125 Å². The smallest absolute Gasteiger partial charge is 0.210 e. The van der Waals surface area contributed by atoms with Gasteiger partial charge < -0.3 is 5.21 Å². The van der Waals surface area contributed by atoms with Crippen molar-refractivity contribution in [2.75, 3.05) is 5.75 Å². The molecule has 0 aliphatic heterocycles. The zero-order valence-corrected chi connectivity index (χ0v) is 21.4. The molecule has 4 aromatic rings. The lowest BCUT2D eigenvalue weighted by atomic mass is 10.0. The topological polar surface area (TPSA) is 66.7 Å². The summed E-state index contributed by atoms with van der Waals surface area (Å²) in [7, 11) is 0. The molecule has 0 bridgehead atoms. The van der Waals surface area contributed by atoms with Crippen LogP contribution in [0.2, 0.25) is 0 Å². The van der Waals surface area contributed by atoms with Crippen molar-refractivity contribution in [1.29, 1.82) is 0 Å². The van der Waals surface area contributed by atoms with Crippen LogP contribution in [0.15, 0.2) is 123 Å². The first-order chi connectivity index (χ1) is 17.5. The lowest BCUT2D eigenvalue weighted by Gasteiger charge is -2.07. The van der Waals surface area contributed by atoms with Crippen molar-refractivity contribution in [2.24, 2.45) is 5.16 Å². The van der Waals surface area contributed by atoms with Gasteiger partial charge in [0.2, 0.25) is 5.78 Å². The summed E-state index contributed by atoms with van der Waals surface area (Å²) in [6.45, 7) is 2.04. The monoisotopic (exact) mass is 511 g/mol. The predicted octanol–water partition coefficient (Wildman–Crippen LogP) is 7.57. The Kier molecular flexibility index (Phi) is 8.76. The number of carbonyl (C=O) groups excluding carboxylic acids is 2. The molecule has 0 atom stereocenters. The maximum absolute atomic E-state index is 12.8. The molecule has 0 heterocycles. The fourth-order valence-corrected chi connectivity index (χ4v) is 5.19. The second-order valence-corrected chi connectivity index (χ2v) is 10.4. The Morgan fingerprint density at radius 3 is 1.81 bits per heavy atom. The van der Waals surface area contributed by atoms with Crippen LogP contribution in [0.25, 0.3) is 0 Å². The van der Waals surface area contributed by atoms with Gasteiger partial charge in [-0.15, -0.1) is 11.8 Å². The van der Waals surface area contributed by atoms with Crippen LogP contribution < -0.4 is 0 Å². The number of thioether (sulfide) groups is 1. The van der Waals surface area contributed by atoms with Crippen LogP contribution >= 0.6 is 23.5 Å². The largest absolute Gasteiger partial charge is 0.411 e. The summed E-state index contributed by atoms with van der Waals surface area (Å²) in [5, 5.41) is 12.7. The van der Waals surface area contributed by atoms with E-state index in [0.717, 1.165) is 14.7 Å². The van der Waals surface area contributed by atoms with Crippen LogP contribution in [0.3, 0.4) is 0 Å². The van der Waals surface area contributed by atoms with Gasteiger partial charge in [0.25, 0.3) is 0 Å². The van der Waals surface area contributed by atoms with Crippen LogP contribution in [0.4, 0.5) is 0 Å². The van der Waals surface area contributed by atoms with Gasteiger partial charge in [-0.2, -0.15) is 0 Å². The highest BCUT2D eigenvalue weighted by Gasteiger charge is 2.15. The normalized spacial score (nSPS) is 11.3. The lowest BCUT2D eigenvalue weighted by molar-refractivity contribution is 0.103. The maximum atomic E-state index is 12.8. The predicted molar refractivity (Wildman–Crippen MR) is 147 cm³/mol. The van der Waals surface area contributed by atoms with E-state index in [1.807, 2.05) is 97.9 Å². The van der Waals surface area contributed by atoms with E-state index >= 15 is 0 Å². The number of benzene rings is 4. The molecule has 6 heteroatoms. The van der Waals surface area contributed by atoms with Crippen molar-refractivity contribution in [1.82, 2.24) is 0 Å². The van der Waals surface area contributed by atoms with E-state index in [2.05, 4.69) is 5.16 Å². The quantitative estimate of drug-likeness (QED) is 0.0782. The summed E-state index contributed by atoms with van der Waals surface area (Å²) in [6.07, 6.45) is 0.373. The summed E-state index contributed by atoms with van der Waals surface area (Å²) in [4.78, 5) is 28.5. The minimum atomic E-state index is -0.276. The molecule has 0 amide bonds. The molecule has 0 unspecified atom stereocenters. The molecule has 0 aliphatic rings. The minimum absolute atomic E-state index is 0.00590. The lowest BCUT2D eigenvalue weighted by Crippen LogP contribution is -2.15. The van der Waals surface area contributed by atoms with Crippen LogP contribution in [0.5, 0.6) is 0 Å². The summed E-state index contributed by atoms with van der Waals surface area (Å²) in [5.74, 6) is 0.362. The minimum Gasteiger partial charge on any atom is -0.411 e. The number of nitrogens with zero attached hydrogens (tertiary/aromatic N) is 1. The molecule has 0 radical (unpaired) electrons. The number of rotatable bonds is 10. The Labute approximate surface area is 219 Å². The van der Waals surface area contributed by atoms with Gasteiger partial charge in [0, 0.05) is 43.6 Å². The molecular weight excluding hydrogens is 486 g/mol. The molecule has 36 heavy (non-hydrogen) atoms. The summed E-state index contributed by atoms with van der Waals surface area (Å²) < 4.78 is 0. The van der Waals surface area contributed by atoms with Gasteiger partial charge in [0.15, 0.2) is 5.78 Å². The van der Waals surface area contributed by atoms with Crippen molar-refractivity contribution in [2.45, 2.75) is 28.0 Å². The van der Waals surface area contributed by atoms with Gasteiger partial charge in [-0.1, -0.05) is 64.9 Å². The van der Waals surface area contributed by atoms with Gasteiger partial charge in [0.1, 0.15) is 5.71 Å². The third kappa shape index (κ3) is 6.74. The van der Waals surface area contributed by atoms with Gasteiger partial charge in [-0.05, 0) is 67.6 Å². The van der Waals surface area contributed by atoms with Crippen molar-refractivity contribution >= 4 is 40.8 Å². The zero-order valence-electron chi connectivity index (χ0n) is 19.8. The number of oxime groups is 1. The van der Waals surface area contributed by atoms with Crippen molar-refractivity contribution in [3.8, 4) is 0 Å². The molecule has 0 aliphatic carbocycles. The highest BCUT2D eigenvalue weighted by molar-refractivity contribution is 7.99. The summed E-state index contributed by atoms with van der Waals surface area (Å²) >= 11 is 3.17. The van der Waals surface area contributed by atoms with E-state index in [1.165, 1.54) is 5.56 Å².